The molecule has 30 heavy (non-hydrogen) atoms. The lowest BCUT2D eigenvalue weighted by atomic mass is 10.1. The summed E-state index contributed by atoms with van der Waals surface area (Å²) in [5.74, 6) is -0.718. The number of halogens is 1. The Balaban J connectivity index is 2.25. The van der Waals surface area contributed by atoms with E-state index < -0.39 is 10.0 Å². The van der Waals surface area contributed by atoms with Crippen molar-refractivity contribution in [1.82, 2.24) is 14.5 Å². The van der Waals surface area contributed by atoms with Crippen LogP contribution in [0, 0.1) is 12.7 Å². The zero-order chi connectivity index (χ0) is 22.5. The molecule has 1 atom stereocenters. The summed E-state index contributed by atoms with van der Waals surface area (Å²) >= 11 is 0. The van der Waals surface area contributed by atoms with E-state index in [2.05, 4.69) is 5.32 Å². The molecule has 0 saturated carbocycles. The monoisotopic (exact) mass is 435 g/mol. The maximum atomic E-state index is 13.6. The van der Waals surface area contributed by atoms with Gasteiger partial charge in [-0.1, -0.05) is 32.0 Å². The minimum Gasteiger partial charge on any atom is -0.350 e. The summed E-state index contributed by atoms with van der Waals surface area (Å²) in [4.78, 5) is 14.8. The van der Waals surface area contributed by atoms with Gasteiger partial charge in [0.05, 0.1) is 10.9 Å². The standard InChI is InChI=1S/C22H30FN3O3S/c1-6-26(7-2)30(28,29)21-14-18(12-11-16(21)3)22(27)24-15-20(25(4)5)17-9-8-10-19(23)13-17/h8-14,20H,6-7,15H2,1-5H3,(H,24,27). The van der Waals surface area contributed by atoms with Gasteiger partial charge in [-0.15, -0.1) is 0 Å². The summed E-state index contributed by atoms with van der Waals surface area (Å²) in [5, 5.41) is 2.84. The van der Waals surface area contributed by atoms with Crippen molar-refractivity contribution >= 4 is 15.9 Å². The van der Waals surface area contributed by atoms with Crippen molar-refractivity contribution in [3.05, 3.63) is 65.0 Å². The van der Waals surface area contributed by atoms with Crippen molar-refractivity contribution in [2.75, 3.05) is 33.7 Å². The van der Waals surface area contributed by atoms with Gasteiger partial charge < -0.3 is 10.2 Å². The van der Waals surface area contributed by atoms with Crippen LogP contribution < -0.4 is 5.32 Å². The number of rotatable bonds is 9. The van der Waals surface area contributed by atoms with Crippen LogP contribution in [0.4, 0.5) is 4.39 Å². The molecule has 0 saturated heterocycles. The molecule has 2 aromatic rings. The van der Waals surface area contributed by atoms with Crippen LogP contribution >= 0.6 is 0 Å². The highest BCUT2D eigenvalue weighted by atomic mass is 32.2. The number of carbonyl (C=O) groups is 1. The summed E-state index contributed by atoms with van der Waals surface area (Å²) in [6.07, 6.45) is 0. The molecule has 0 aliphatic rings. The average Bonchev–Trinajstić information content (AvgIpc) is 2.68. The number of hydrogen-bond donors (Lipinski definition) is 1. The third kappa shape index (κ3) is 5.44. The molecular formula is C22H30FN3O3S. The molecule has 0 bridgehead atoms. The number of likely N-dealkylation sites (N-methyl/N-ethyl adjacent to an activating group) is 1. The SMILES string of the molecule is CCN(CC)S(=O)(=O)c1cc(C(=O)NCC(c2cccc(F)c2)N(C)C)ccc1C. The molecule has 0 aliphatic carbocycles. The number of amides is 1. The first-order valence-electron chi connectivity index (χ1n) is 9.92. The zero-order valence-corrected chi connectivity index (χ0v) is 19.0. The molecule has 0 aromatic heterocycles. The van der Waals surface area contributed by atoms with Crippen molar-refractivity contribution in [1.29, 1.82) is 0 Å². The summed E-state index contributed by atoms with van der Waals surface area (Å²) in [6.45, 7) is 6.23. The highest BCUT2D eigenvalue weighted by Gasteiger charge is 2.25. The Morgan fingerprint density at radius 1 is 1.10 bits per heavy atom. The second kappa shape index (κ2) is 10.1. The lowest BCUT2D eigenvalue weighted by Crippen LogP contribution is -2.35. The Bertz CT molecular complexity index is 989. The van der Waals surface area contributed by atoms with Crippen molar-refractivity contribution in [2.45, 2.75) is 31.7 Å². The summed E-state index contributed by atoms with van der Waals surface area (Å²) in [5.41, 5.74) is 1.60. The second-order valence-corrected chi connectivity index (χ2v) is 9.22. The van der Waals surface area contributed by atoms with Crippen LogP contribution in [-0.4, -0.2) is 57.3 Å². The van der Waals surface area contributed by atoms with E-state index in [1.165, 1.54) is 22.5 Å². The van der Waals surface area contributed by atoms with Gasteiger partial charge in [-0.3, -0.25) is 4.79 Å². The highest BCUT2D eigenvalue weighted by molar-refractivity contribution is 7.89. The molecule has 0 fully saturated rings. The molecule has 1 N–H and O–H groups in total. The van der Waals surface area contributed by atoms with Gasteiger partial charge >= 0.3 is 0 Å². The molecule has 2 rings (SSSR count). The minimum absolute atomic E-state index is 0.133. The summed E-state index contributed by atoms with van der Waals surface area (Å²) in [6, 6.07) is 10.7. The van der Waals surface area contributed by atoms with Gasteiger partial charge in [-0.25, -0.2) is 12.8 Å². The van der Waals surface area contributed by atoms with Crippen LogP contribution in [0.1, 0.15) is 41.4 Å². The van der Waals surface area contributed by atoms with Crippen LogP contribution in [0.15, 0.2) is 47.4 Å². The van der Waals surface area contributed by atoms with Gasteiger partial charge in [-0.05, 0) is 56.4 Å². The highest BCUT2D eigenvalue weighted by Crippen LogP contribution is 2.22. The van der Waals surface area contributed by atoms with Crippen LogP contribution in [0.2, 0.25) is 0 Å². The Hall–Kier alpha value is -2.29. The fraction of sp³-hybridized carbons (Fsp3) is 0.409. The van der Waals surface area contributed by atoms with E-state index in [-0.39, 0.29) is 34.8 Å². The number of nitrogens with zero attached hydrogens (tertiary/aromatic N) is 2. The maximum Gasteiger partial charge on any atom is 0.251 e. The molecule has 6 nitrogen and oxygen atoms in total. The van der Waals surface area contributed by atoms with Gasteiger partial charge in [0.25, 0.3) is 5.91 Å². The normalized spacial score (nSPS) is 12.9. The first kappa shape index (κ1) is 24.0. The maximum absolute atomic E-state index is 13.6. The molecule has 0 radical (unpaired) electrons. The molecule has 2 aromatic carbocycles. The quantitative estimate of drug-likeness (QED) is 0.657. The Morgan fingerprint density at radius 3 is 2.33 bits per heavy atom. The second-order valence-electron chi connectivity index (χ2n) is 7.31. The number of benzene rings is 2. The van der Waals surface area contributed by atoms with Crippen molar-refractivity contribution in [3.63, 3.8) is 0 Å². The number of sulfonamides is 1. The van der Waals surface area contributed by atoms with E-state index in [4.69, 9.17) is 0 Å². The fourth-order valence-electron chi connectivity index (χ4n) is 3.33. The van der Waals surface area contributed by atoms with Crippen LogP contribution in [-0.2, 0) is 10.0 Å². The third-order valence-corrected chi connectivity index (χ3v) is 7.28. The molecule has 164 valence electrons. The lowest BCUT2D eigenvalue weighted by Gasteiger charge is -2.25. The average molecular weight is 436 g/mol. The van der Waals surface area contributed by atoms with Crippen LogP contribution in [0.25, 0.3) is 0 Å². The Morgan fingerprint density at radius 2 is 1.77 bits per heavy atom. The first-order valence-corrected chi connectivity index (χ1v) is 11.4. The fourth-order valence-corrected chi connectivity index (χ4v) is 5.03. The molecule has 0 aliphatic heterocycles. The molecule has 1 amide bonds. The van der Waals surface area contributed by atoms with Crippen molar-refractivity contribution in [3.8, 4) is 0 Å². The predicted molar refractivity (Wildman–Crippen MR) is 116 cm³/mol. The third-order valence-electron chi connectivity index (χ3n) is 5.09. The molecule has 0 spiro atoms. The minimum atomic E-state index is -3.68. The van der Waals surface area contributed by atoms with Gasteiger partial charge in [0.2, 0.25) is 10.0 Å². The number of carbonyl (C=O) groups excluding carboxylic acids is 1. The van der Waals surface area contributed by atoms with Crippen molar-refractivity contribution < 1.29 is 17.6 Å². The molecule has 0 heterocycles. The van der Waals surface area contributed by atoms with Crippen LogP contribution in [0.5, 0.6) is 0 Å². The van der Waals surface area contributed by atoms with E-state index in [0.717, 1.165) is 5.56 Å². The zero-order valence-electron chi connectivity index (χ0n) is 18.1. The Kier molecular flexibility index (Phi) is 8.11. The number of nitrogens with one attached hydrogen (secondary N) is 1. The van der Waals surface area contributed by atoms with Gasteiger partial charge in [0.1, 0.15) is 5.82 Å². The van der Waals surface area contributed by atoms with Crippen LogP contribution in [0.3, 0.4) is 0 Å². The van der Waals surface area contributed by atoms with Gasteiger partial charge in [0, 0.05) is 25.2 Å². The molecular weight excluding hydrogens is 405 g/mol. The van der Waals surface area contributed by atoms with Crippen molar-refractivity contribution in [2.24, 2.45) is 0 Å². The molecule has 1 unspecified atom stereocenters. The topological polar surface area (TPSA) is 69.7 Å². The number of aryl methyl sites for hydroxylation is 1. The van der Waals surface area contributed by atoms with Gasteiger partial charge in [0.15, 0.2) is 0 Å². The van der Waals surface area contributed by atoms with E-state index in [0.29, 0.717) is 18.7 Å². The number of hydrogen-bond acceptors (Lipinski definition) is 4. The first-order chi connectivity index (χ1) is 14.1. The van der Waals surface area contributed by atoms with Gasteiger partial charge in [-0.2, -0.15) is 4.31 Å². The lowest BCUT2D eigenvalue weighted by molar-refractivity contribution is 0.0941. The summed E-state index contributed by atoms with van der Waals surface area (Å²) < 4.78 is 40.8. The smallest absolute Gasteiger partial charge is 0.251 e. The van der Waals surface area contributed by atoms with E-state index >= 15 is 0 Å². The Labute approximate surface area is 178 Å². The largest absolute Gasteiger partial charge is 0.350 e. The molecule has 8 heteroatoms. The predicted octanol–water partition coefficient (Wildman–Crippen LogP) is 3.20. The van der Waals surface area contributed by atoms with E-state index in [9.17, 15) is 17.6 Å². The van der Waals surface area contributed by atoms with E-state index in [1.54, 1.807) is 45.0 Å². The van der Waals surface area contributed by atoms with E-state index in [1.807, 2.05) is 19.0 Å². The summed E-state index contributed by atoms with van der Waals surface area (Å²) in [7, 11) is 0.0222.